The number of hydrogen-bond donors (Lipinski definition) is 2. The zero-order valence-corrected chi connectivity index (χ0v) is 9.61. The van der Waals surface area contributed by atoms with Crippen LogP contribution < -0.4 is 4.74 Å². The maximum atomic E-state index is 10.7. The molecular weight excluding hydrogens is 299 g/mol. The van der Waals surface area contributed by atoms with Crippen molar-refractivity contribution in [2.45, 2.75) is 6.92 Å². The summed E-state index contributed by atoms with van der Waals surface area (Å²) in [6.45, 7) is 2.15. The van der Waals surface area contributed by atoms with Crippen molar-refractivity contribution in [2.24, 2.45) is 0 Å². The minimum atomic E-state index is -1.16. The van der Waals surface area contributed by atoms with E-state index in [1.54, 1.807) is 13.0 Å². The average molecular weight is 308 g/mol. The summed E-state index contributed by atoms with van der Waals surface area (Å²) in [5.74, 6) is -1.28. The number of aromatic carboxylic acids is 1. The number of hydrogen-bond acceptors (Lipinski definition) is 3. The van der Waals surface area contributed by atoms with Crippen LogP contribution in [0.15, 0.2) is 12.1 Å². The second-order valence-corrected chi connectivity index (χ2v) is 3.78. The van der Waals surface area contributed by atoms with Gasteiger partial charge in [-0.15, -0.1) is 0 Å². The molecule has 76 valence electrons. The second-order valence-electron chi connectivity index (χ2n) is 2.54. The first-order valence-electron chi connectivity index (χ1n) is 3.94. The summed E-state index contributed by atoms with van der Waals surface area (Å²) in [6.07, 6.45) is 0. The topological polar surface area (TPSA) is 66.8 Å². The Morgan fingerprint density at radius 3 is 2.71 bits per heavy atom. The number of carboxylic acid groups (broad SMARTS) is 1. The predicted molar refractivity (Wildman–Crippen MR) is 59.0 cm³/mol. The van der Waals surface area contributed by atoms with Gasteiger partial charge in [0.2, 0.25) is 0 Å². The van der Waals surface area contributed by atoms with E-state index in [1.807, 2.05) is 22.6 Å². The highest BCUT2D eigenvalue weighted by Crippen LogP contribution is 2.32. The largest absolute Gasteiger partial charge is 0.504 e. The summed E-state index contributed by atoms with van der Waals surface area (Å²) in [5.41, 5.74) is -0.139. The monoisotopic (exact) mass is 308 g/mol. The highest BCUT2D eigenvalue weighted by molar-refractivity contribution is 14.1. The molecule has 0 saturated heterocycles. The van der Waals surface area contributed by atoms with Crippen molar-refractivity contribution in [1.29, 1.82) is 0 Å². The molecule has 0 heterocycles. The molecule has 0 aliphatic carbocycles. The Labute approximate surface area is 94.7 Å². The zero-order chi connectivity index (χ0) is 10.7. The number of rotatable bonds is 3. The van der Waals surface area contributed by atoms with Crippen molar-refractivity contribution in [3.63, 3.8) is 0 Å². The molecule has 0 atom stereocenters. The zero-order valence-electron chi connectivity index (χ0n) is 7.45. The molecule has 0 spiro atoms. The number of benzene rings is 1. The standard InChI is InChI=1S/C9H9IO4/c1-2-14-7-4-5(10)3-6(8(7)11)9(12)13/h3-4,11H,2H2,1H3,(H,12,13). The number of halogens is 1. The Kier molecular flexibility index (Phi) is 3.56. The summed E-state index contributed by atoms with van der Waals surface area (Å²) in [4.78, 5) is 10.7. The predicted octanol–water partition coefficient (Wildman–Crippen LogP) is 2.09. The van der Waals surface area contributed by atoms with Crippen LogP contribution in [-0.4, -0.2) is 22.8 Å². The molecule has 14 heavy (non-hydrogen) atoms. The van der Waals surface area contributed by atoms with E-state index in [9.17, 15) is 9.90 Å². The van der Waals surface area contributed by atoms with Crippen LogP contribution >= 0.6 is 22.6 Å². The van der Waals surface area contributed by atoms with Crippen molar-refractivity contribution >= 4 is 28.6 Å². The molecule has 0 unspecified atom stereocenters. The first kappa shape index (κ1) is 11.1. The smallest absolute Gasteiger partial charge is 0.339 e. The van der Waals surface area contributed by atoms with Crippen molar-refractivity contribution < 1.29 is 19.7 Å². The van der Waals surface area contributed by atoms with Gasteiger partial charge in [0.15, 0.2) is 11.5 Å². The lowest BCUT2D eigenvalue weighted by Crippen LogP contribution is -2.00. The maximum absolute atomic E-state index is 10.7. The molecule has 1 rings (SSSR count). The molecule has 0 aliphatic heterocycles. The van der Waals surface area contributed by atoms with Gasteiger partial charge in [-0.05, 0) is 41.6 Å². The molecule has 2 N–H and O–H groups in total. The Morgan fingerprint density at radius 2 is 2.21 bits per heavy atom. The van der Waals surface area contributed by atoms with Gasteiger partial charge in [-0.3, -0.25) is 0 Å². The minimum absolute atomic E-state index is 0.139. The summed E-state index contributed by atoms with van der Waals surface area (Å²) >= 11 is 1.97. The summed E-state index contributed by atoms with van der Waals surface area (Å²) in [6, 6.07) is 2.98. The van der Waals surface area contributed by atoms with Crippen molar-refractivity contribution in [1.82, 2.24) is 0 Å². The summed E-state index contributed by atoms with van der Waals surface area (Å²) in [7, 11) is 0. The van der Waals surface area contributed by atoms with Gasteiger partial charge in [-0.2, -0.15) is 0 Å². The van der Waals surface area contributed by atoms with Gasteiger partial charge in [-0.1, -0.05) is 0 Å². The van der Waals surface area contributed by atoms with E-state index in [1.165, 1.54) is 6.07 Å². The lowest BCUT2D eigenvalue weighted by Gasteiger charge is -2.08. The van der Waals surface area contributed by atoms with Crippen LogP contribution in [0.1, 0.15) is 17.3 Å². The fourth-order valence-electron chi connectivity index (χ4n) is 1.00. The lowest BCUT2D eigenvalue weighted by molar-refractivity contribution is 0.0692. The van der Waals surface area contributed by atoms with Crippen molar-refractivity contribution in [3.05, 3.63) is 21.3 Å². The molecule has 0 bridgehead atoms. The van der Waals surface area contributed by atoms with E-state index in [0.717, 1.165) is 0 Å². The van der Waals surface area contributed by atoms with Crippen molar-refractivity contribution in [3.8, 4) is 11.5 Å². The third-order valence-corrected chi connectivity index (χ3v) is 2.19. The quantitative estimate of drug-likeness (QED) is 0.839. The molecule has 0 amide bonds. The van der Waals surface area contributed by atoms with Crippen LogP contribution in [0.25, 0.3) is 0 Å². The molecule has 4 nitrogen and oxygen atoms in total. The van der Waals surface area contributed by atoms with Gasteiger partial charge >= 0.3 is 5.97 Å². The molecule has 0 saturated carbocycles. The molecule has 0 aromatic heterocycles. The molecule has 5 heteroatoms. The Bertz CT molecular complexity index is 362. The van der Waals surface area contributed by atoms with Crippen LogP contribution in [0.2, 0.25) is 0 Å². The van der Waals surface area contributed by atoms with Crippen LogP contribution in [0.5, 0.6) is 11.5 Å². The highest BCUT2D eigenvalue weighted by atomic mass is 127. The van der Waals surface area contributed by atoms with Crippen LogP contribution in [0, 0.1) is 3.57 Å². The Balaban J connectivity index is 3.24. The van der Waals surface area contributed by atoms with Crippen molar-refractivity contribution in [2.75, 3.05) is 6.61 Å². The van der Waals surface area contributed by atoms with Crippen LogP contribution in [0.4, 0.5) is 0 Å². The van der Waals surface area contributed by atoms with Gasteiger partial charge in [0.25, 0.3) is 0 Å². The number of carbonyl (C=O) groups is 1. The van der Waals surface area contributed by atoms with E-state index in [0.29, 0.717) is 10.2 Å². The number of carboxylic acids is 1. The SMILES string of the molecule is CCOc1cc(I)cc(C(=O)O)c1O. The number of ether oxygens (including phenoxy) is 1. The van der Waals surface area contributed by atoms with E-state index < -0.39 is 5.97 Å². The molecular formula is C9H9IO4. The molecule has 1 aromatic rings. The molecule has 0 fully saturated rings. The second kappa shape index (κ2) is 4.50. The van der Waals surface area contributed by atoms with Gasteiger partial charge < -0.3 is 14.9 Å². The van der Waals surface area contributed by atoms with E-state index in [2.05, 4.69) is 0 Å². The number of aromatic hydroxyl groups is 1. The third-order valence-electron chi connectivity index (χ3n) is 1.57. The first-order chi connectivity index (χ1) is 6.56. The minimum Gasteiger partial charge on any atom is -0.504 e. The third kappa shape index (κ3) is 2.28. The van der Waals surface area contributed by atoms with Gasteiger partial charge in [0.1, 0.15) is 5.56 Å². The Hall–Kier alpha value is -0.980. The normalized spacial score (nSPS) is 9.86. The first-order valence-corrected chi connectivity index (χ1v) is 5.02. The molecule has 0 radical (unpaired) electrons. The van der Waals surface area contributed by atoms with Crippen LogP contribution in [0.3, 0.4) is 0 Å². The average Bonchev–Trinajstić information content (AvgIpc) is 2.10. The number of phenols is 1. The van der Waals surface area contributed by atoms with E-state index in [4.69, 9.17) is 9.84 Å². The van der Waals surface area contributed by atoms with E-state index in [-0.39, 0.29) is 17.1 Å². The van der Waals surface area contributed by atoms with Gasteiger partial charge in [0.05, 0.1) is 6.61 Å². The summed E-state index contributed by atoms with van der Waals surface area (Å²) < 4.78 is 5.80. The fourth-order valence-corrected chi connectivity index (χ4v) is 1.60. The van der Waals surface area contributed by atoms with Gasteiger partial charge in [0, 0.05) is 3.57 Å². The summed E-state index contributed by atoms with van der Waals surface area (Å²) in [5, 5.41) is 18.3. The molecule has 0 aliphatic rings. The van der Waals surface area contributed by atoms with Crippen LogP contribution in [-0.2, 0) is 0 Å². The van der Waals surface area contributed by atoms with Gasteiger partial charge in [-0.25, -0.2) is 4.79 Å². The molecule has 1 aromatic carbocycles. The highest BCUT2D eigenvalue weighted by Gasteiger charge is 2.15. The van der Waals surface area contributed by atoms with E-state index >= 15 is 0 Å². The fraction of sp³-hybridized carbons (Fsp3) is 0.222. The maximum Gasteiger partial charge on any atom is 0.339 e. The Morgan fingerprint density at radius 1 is 1.57 bits per heavy atom. The lowest BCUT2D eigenvalue weighted by atomic mass is 10.2.